The summed E-state index contributed by atoms with van der Waals surface area (Å²) in [5.41, 5.74) is 1.04. The van der Waals surface area contributed by atoms with Gasteiger partial charge in [0.15, 0.2) is 0 Å². The molecule has 0 atom stereocenters. The van der Waals surface area contributed by atoms with E-state index in [9.17, 15) is 9.18 Å². The molecule has 0 saturated heterocycles. The number of hydrogen-bond donors (Lipinski definition) is 1. The van der Waals surface area contributed by atoms with E-state index in [1.54, 1.807) is 6.07 Å². The Labute approximate surface area is 145 Å². The Morgan fingerprint density at radius 3 is 2.62 bits per heavy atom. The Kier molecular flexibility index (Phi) is 6.53. The van der Waals surface area contributed by atoms with E-state index in [0.717, 1.165) is 12.8 Å². The lowest BCUT2D eigenvalue weighted by molar-refractivity contribution is -0.117. The number of carbonyl (C=O) groups excluding carboxylic acids is 1. The smallest absolute Gasteiger partial charge is 0.261 e. The van der Waals surface area contributed by atoms with Gasteiger partial charge in [-0.3, -0.25) is 4.79 Å². The first-order valence-corrected chi connectivity index (χ1v) is 7.87. The molecule has 0 spiro atoms. The van der Waals surface area contributed by atoms with Crippen LogP contribution in [0.25, 0.3) is 6.08 Å². The van der Waals surface area contributed by atoms with E-state index < -0.39 is 11.7 Å². The largest absolute Gasteiger partial charge is 0.351 e. The second-order valence-corrected chi connectivity index (χ2v) is 5.56. The molecule has 0 heterocycles. The highest BCUT2D eigenvalue weighted by Gasteiger charge is 2.12. The first-order valence-electron chi connectivity index (χ1n) is 7.49. The van der Waals surface area contributed by atoms with Crippen LogP contribution in [0, 0.1) is 17.1 Å². The second-order valence-electron chi connectivity index (χ2n) is 5.15. The van der Waals surface area contributed by atoms with Gasteiger partial charge in [0.05, 0.1) is 5.02 Å². The number of halogens is 2. The third kappa shape index (κ3) is 4.94. The number of amides is 1. The molecule has 0 radical (unpaired) electrons. The third-order valence-electron chi connectivity index (χ3n) is 3.42. The van der Waals surface area contributed by atoms with Crippen molar-refractivity contribution in [1.82, 2.24) is 5.32 Å². The van der Waals surface area contributed by atoms with E-state index in [0.29, 0.717) is 6.54 Å². The highest BCUT2D eigenvalue weighted by molar-refractivity contribution is 6.32. The van der Waals surface area contributed by atoms with E-state index in [1.165, 1.54) is 29.8 Å². The van der Waals surface area contributed by atoms with Crippen LogP contribution < -0.4 is 5.32 Å². The molecular formula is C19H16ClFN2O. The van der Waals surface area contributed by atoms with Gasteiger partial charge in [-0.15, -0.1) is 0 Å². The van der Waals surface area contributed by atoms with Crippen LogP contribution in [-0.4, -0.2) is 12.5 Å². The standard InChI is InChI=1S/C19H16ClFN2O/c20-17-9-4-10-18(21)16(17)12-15(13-22)19(24)23-11-5-8-14-6-2-1-3-7-14/h1-4,6-7,9-10,12H,5,8,11H2,(H,23,24)/b15-12-. The van der Waals surface area contributed by atoms with Crippen LogP contribution in [0.15, 0.2) is 54.1 Å². The molecule has 0 unspecified atom stereocenters. The zero-order valence-corrected chi connectivity index (χ0v) is 13.7. The normalized spacial score (nSPS) is 11.0. The summed E-state index contributed by atoms with van der Waals surface area (Å²) in [4.78, 5) is 12.0. The molecule has 1 N–H and O–H groups in total. The molecule has 0 aliphatic carbocycles. The van der Waals surface area contributed by atoms with Gasteiger partial charge in [-0.05, 0) is 36.6 Å². The Morgan fingerprint density at radius 2 is 1.96 bits per heavy atom. The minimum absolute atomic E-state index is 0.0372. The van der Waals surface area contributed by atoms with Gasteiger partial charge in [0.1, 0.15) is 17.5 Å². The minimum atomic E-state index is -0.577. The molecule has 0 fully saturated rings. The molecule has 0 aromatic heterocycles. The molecule has 24 heavy (non-hydrogen) atoms. The number of aryl methyl sites for hydroxylation is 1. The monoisotopic (exact) mass is 342 g/mol. The lowest BCUT2D eigenvalue weighted by Gasteiger charge is -2.05. The van der Waals surface area contributed by atoms with Crippen LogP contribution in [0.5, 0.6) is 0 Å². The van der Waals surface area contributed by atoms with Gasteiger partial charge in [-0.2, -0.15) is 5.26 Å². The van der Waals surface area contributed by atoms with Crippen molar-refractivity contribution in [2.24, 2.45) is 0 Å². The molecule has 2 rings (SSSR count). The number of carbonyl (C=O) groups is 1. The predicted molar refractivity (Wildman–Crippen MR) is 92.8 cm³/mol. The van der Waals surface area contributed by atoms with Crippen molar-refractivity contribution in [3.63, 3.8) is 0 Å². The SMILES string of the molecule is N#C/C(=C/c1c(F)cccc1Cl)C(=O)NCCCc1ccccc1. The summed E-state index contributed by atoms with van der Waals surface area (Å²) in [6.45, 7) is 0.428. The molecule has 0 bridgehead atoms. The van der Waals surface area contributed by atoms with Crippen molar-refractivity contribution in [3.8, 4) is 6.07 Å². The molecular weight excluding hydrogens is 327 g/mol. The average Bonchev–Trinajstić information content (AvgIpc) is 2.59. The fourth-order valence-corrected chi connectivity index (χ4v) is 2.39. The van der Waals surface area contributed by atoms with Crippen LogP contribution in [0.1, 0.15) is 17.5 Å². The summed E-state index contributed by atoms with van der Waals surface area (Å²) in [6, 6.07) is 15.9. The Balaban J connectivity index is 1.94. The Hall–Kier alpha value is -2.64. The summed E-state index contributed by atoms with van der Waals surface area (Å²) in [7, 11) is 0. The number of hydrogen-bond acceptors (Lipinski definition) is 2. The predicted octanol–water partition coefficient (Wildman–Crippen LogP) is 4.14. The van der Waals surface area contributed by atoms with Crippen molar-refractivity contribution in [3.05, 3.63) is 76.1 Å². The Morgan fingerprint density at radius 1 is 1.21 bits per heavy atom. The van der Waals surface area contributed by atoms with Gasteiger partial charge in [0, 0.05) is 12.1 Å². The number of nitriles is 1. The van der Waals surface area contributed by atoms with Crippen LogP contribution in [-0.2, 0) is 11.2 Å². The van der Waals surface area contributed by atoms with Gasteiger partial charge < -0.3 is 5.32 Å². The second kappa shape index (κ2) is 8.85. The lowest BCUT2D eigenvalue weighted by atomic mass is 10.1. The number of nitrogens with zero attached hydrogens (tertiary/aromatic N) is 1. The number of benzene rings is 2. The first-order chi connectivity index (χ1) is 11.6. The zero-order valence-electron chi connectivity index (χ0n) is 12.9. The quantitative estimate of drug-likeness (QED) is 0.487. The van der Waals surface area contributed by atoms with Crippen LogP contribution in [0.4, 0.5) is 4.39 Å². The van der Waals surface area contributed by atoms with E-state index in [-0.39, 0.29) is 16.2 Å². The molecule has 122 valence electrons. The molecule has 0 aliphatic rings. The van der Waals surface area contributed by atoms with E-state index >= 15 is 0 Å². The van der Waals surface area contributed by atoms with Gasteiger partial charge in [0.2, 0.25) is 0 Å². The highest BCUT2D eigenvalue weighted by Crippen LogP contribution is 2.21. The summed E-state index contributed by atoms with van der Waals surface area (Å²) < 4.78 is 13.7. The topological polar surface area (TPSA) is 52.9 Å². The van der Waals surface area contributed by atoms with E-state index in [4.69, 9.17) is 16.9 Å². The molecule has 3 nitrogen and oxygen atoms in total. The molecule has 2 aromatic carbocycles. The summed E-state index contributed by atoms with van der Waals surface area (Å²) in [5.74, 6) is -1.11. The maximum atomic E-state index is 13.7. The molecule has 0 saturated carbocycles. The fraction of sp³-hybridized carbons (Fsp3) is 0.158. The van der Waals surface area contributed by atoms with Gasteiger partial charge in [-0.25, -0.2) is 4.39 Å². The van der Waals surface area contributed by atoms with E-state index in [1.807, 2.05) is 30.3 Å². The maximum Gasteiger partial charge on any atom is 0.261 e. The van der Waals surface area contributed by atoms with Crippen LogP contribution >= 0.6 is 11.6 Å². The van der Waals surface area contributed by atoms with Crippen molar-refractivity contribution < 1.29 is 9.18 Å². The fourth-order valence-electron chi connectivity index (χ4n) is 2.18. The maximum absolute atomic E-state index is 13.7. The zero-order chi connectivity index (χ0) is 17.4. The third-order valence-corrected chi connectivity index (χ3v) is 3.75. The number of nitrogens with one attached hydrogen (secondary N) is 1. The summed E-state index contributed by atoms with van der Waals surface area (Å²) in [5, 5.41) is 11.9. The number of rotatable bonds is 6. The molecule has 0 aliphatic heterocycles. The minimum Gasteiger partial charge on any atom is -0.351 e. The average molecular weight is 343 g/mol. The van der Waals surface area contributed by atoms with Gasteiger partial charge >= 0.3 is 0 Å². The van der Waals surface area contributed by atoms with Crippen LogP contribution in [0.2, 0.25) is 5.02 Å². The lowest BCUT2D eigenvalue weighted by Crippen LogP contribution is -2.25. The van der Waals surface area contributed by atoms with Gasteiger partial charge in [0.25, 0.3) is 5.91 Å². The molecule has 5 heteroatoms. The van der Waals surface area contributed by atoms with Gasteiger partial charge in [-0.1, -0.05) is 48.0 Å². The summed E-state index contributed by atoms with van der Waals surface area (Å²) >= 11 is 5.90. The van der Waals surface area contributed by atoms with Crippen molar-refractivity contribution in [2.75, 3.05) is 6.54 Å². The van der Waals surface area contributed by atoms with Crippen molar-refractivity contribution in [2.45, 2.75) is 12.8 Å². The van der Waals surface area contributed by atoms with Crippen molar-refractivity contribution >= 4 is 23.6 Å². The Bertz CT molecular complexity index is 761. The summed E-state index contributed by atoms with van der Waals surface area (Å²) in [6.07, 6.45) is 2.74. The van der Waals surface area contributed by atoms with Crippen molar-refractivity contribution in [1.29, 1.82) is 5.26 Å². The molecule has 1 amide bonds. The first kappa shape index (κ1) is 17.7. The van der Waals surface area contributed by atoms with E-state index in [2.05, 4.69) is 5.32 Å². The van der Waals surface area contributed by atoms with Crippen LogP contribution in [0.3, 0.4) is 0 Å². The highest BCUT2D eigenvalue weighted by atomic mass is 35.5. The molecule has 2 aromatic rings.